The number of hydrogen-bond acceptors (Lipinski definition) is 3. The molecule has 3 atom stereocenters. The molecule has 0 amide bonds. The summed E-state index contributed by atoms with van der Waals surface area (Å²) >= 11 is 2.25. The Labute approximate surface area is 114 Å². The van der Waals surface area contributed by atoms with Crippen molar-refractivity contribution < 1.29 is 14.9 Å². The van der Waals surface area contributed by atoms with Crippen LogP contribution in [-0.2, 0) is 4.74 Å². The second-order valence-corrected chi connectivity index (χ2v) is 5.33. The number of halogens is 1. The highest BCUT2D eigenvalue weighted by molar-refractivity contribution is 14.1. The van der Waals surface area contributed by atoms with Crippen LogP contribution in [0.2, 0.25) is 0 Å². The number of allylic oxidation sites excluding steroid dienone is 6. The van der Waals surface area contributed by atoms with Crippen molar-refractivity contribution in [3.05, 3.63) is 45.6 Å². The lowest BCUT2D eigenvalue weighted by Gasteiger charge is -2.13. The third-order valence-corrected chi connectivity index (χ3v) is 3.58. The Morgan fingerprint density at radius 1 is 1.29 bits per heavy atom. The minimum Gasteiger partial charge on any atom is -0.394 e. The van der Waals surface area contributed by atoms with Gasteiger partial charge in [0.2, 0.25) is 0 Å². The lowest BCUT2D eigenvalue weighted by atomic mass is 10.0. The first-order chi connectivity index (χ1) is 8.20. The number of hydrogen-bond donors (Lipinski definition) is 2. The standard InChI is InChI=1S/C13H15IO3/c14-10-4-2-1-3-9(5-6-10)12-7-11(16)13(8-15)17-12/h1-6,11-13,15-16H,7-8H2/b2-1?,3-1?,4-2-,6-5?,9-3?,9-5?,10-4?,10-6+/t11-,12-,13-/m1/s1. The predicted octanol–water partition coefficient (Wildman–Crippen LogP) is 1.87. The van der Waals surface area contributed by atoms with E-state index in [4.69, 9.17) is 9.84 Å². The monoisotopic (exact) mass is 346 g/mol. The molecule has 1 aliphatic carbocycles. The first-order valence-electron chi connectivity index (χ1n) is 5.57. The molecule has 1 saturated heterocycles. The second kappa shape index (κ2) is 5.95. The van der Waals surface area contributed by atoms with Gasteiger partial charge in [-0.25, -0.2) is 0 Å². The Kier molecular flexibility index (Phi) is 4.55. The molecule has 0 unspecified atom stereocenters. The molecule has 2 aliphatic rings. The quantitative estimate of drug-likeness (QED) is 0.751. The summed E-state index contributed by atoms with van der Waals surface area (Å²) in [6, 6.07) is 0. The van der Waals surface area contributed by atoms with Crippen molar-refractivity contribution in [3.8, 4) is 0 Å². The summed E-state index contributed by atoms with van der Waals surface area (Å²) in [4.78, 5) is 0. The second-order valence-electron chi connectivity index (χ2n) is 4.09. The molecule has 4 heteroatoms. The van der Waals surface area contributed by atoms with Crippen LogP contribution in [0.25, 0.3) is 0 Å². The van der Waals surface area contributed by atoms with Gasteiger partial charge in [-0.05, 0) is 40.3 Å². The van der Waals surface area contributed by atoms with E-state index in [1.54, 1.807) is 0 Å². The van der Waals surface area contributed by atoms with Crippen LogP contribution in [0.5, 0.6) is 0 Å². The molecular weight excluding hydrogens is 331 g/mol. The molecule has 3 nitrogen and oxygen atoms in total. The van der Waals surface area contributed by atoms with Crippen LogP contribution in [-0.4, -0.2) is 35.1 Å². The van der Waals surface area contributed by atoms with Gasteiger partial charge in [0.05, 0.1) is 18.8 Å². The first-order valence-corrected chi connectivity index (χ1v) is 6.65. The van der Waals surface area contributed by atoms with Crippen LogP contribution < -0.4 is 0 Å². The van der Waals surface area contributed by atoms with E-state index in [1.165, 1.54) is 0 Å². The molecule has 2 N–H and O–H groups in total. The molecule has 0 bridgehead atoms. The SMILES string of the molecule is OC[C@H]1O[C@@H](C2=C/C=C(I)\C=C/C=C2)C[C@H]1O. The fourth-order valence-electron chi connectivity index (χ4n) is 1.92. The van der Waals surface area contributed by atoms with Gasteiger partial charge in [-0.1, -0.05) is 24.3 Å². The summed E-state index contributed by atoms with van der Waals surface area (Å²) in [5.41, 5.74) is 1.03. The summed E-state index contributed by atoms with van der Waals surface area (Å²) in [6.07, 6.45) is 11.3. The predicted molar refractivity (Wildman–Crippen MR) is 74.8 cm³/mol. The van der Waals surface area contributed by atoms with Gasteiger partial charge in [0.25, 0.3) is 0 Å². The zero-order chi connectivity index (χ0) is 12.3. The molecule has 1 heterocycles. The van der Waals surface area contributed by atoms with Crippen molar-refractivity contribution in [2.75, 3.05) is 6.61 Å². The van der Waals surface area contributed by atoms with Crippen LogP contribution in [0.15, 0.2) is 45.6 Å². The van der Waals surface area contributed by atoms with Crippen molar-refractivity contribution in [1.29, 1.82) is 0 Å². The molecule has 0 radical (unpaired) electrons. The van der Waals surface area contributed by atoms with E-state index in [9.17, 15) is 5.11 Å². The highest BCUT2D eigenvalue weighted by atomic mass is 127. The molecule has 1 fully saturated rings. The lowest BCUT2D eigenvalue weighted by Crippen LogP contribution is -2.24. The fraction of sp³-hybridized carbons (Fsp3) is 0.385. The van der Waals surface area contributed by atoms with Crippen LogP contribution in [0, 0.1) is 0 Å². The molecular formula is C13H15IO3. The highest BCUT2D eigenvalue weighted by Crippen LogP contribution is 2.27. The summed E-state index contributed by atoms with van der Waals surface area (Å²) in [5, 5.41) is 18.7. The molecule has 1 aliphatic heterocycles. The number of ether oxygens (including phenoxy) is 1. The Hall–Kier alpha value is -0.430. The van der Waals surface area contributed by atoms with Gasteiger partial charge in [-0.3, -0.25) is 0 Å². The van der Waals surface area contributed by atoms with E-state index in [-0.39, 0.29) is 12.7 Å². The van der Waals surface area contributed by atoms with E-state index in [0.717, 1.165) is 9.15 Å². The Morgan fingerprint density at radius 3 is 2.76 bits per heavy atom. The van der Waals surface area contributed by atoms with Gasteiger partial charge in [0, 0.05) is 10.0 Å². The zero-order valence-electron chi connectivity index (χ0n) is 9.29. The molecule has 0 spiro atoms. The van der Waals surface area contributed by atoms with Gasteiger partial charge < -0.3 is 14.9 Å². The Bertz CT molecular complexity index is 395. The average Bonchev–Trinajstić information content (AvgIpc) is 2.65. The maximum atomic E-state index is 9.70. The van der Waals surface area contributed by atoms with Crippen LogP contribution in [0.1, 0.15) is 6.42 Å². The maximum Gasteiger partial charge on any atom is 0.107 e. The summed E-state index contributed by atoms with van der Waals surface area (Å²) < 4.78 is 6.76. The first kappa shape index (κ1) is 13.0. The molecule has 0 aromatic carbocycles. The molecule has 0 aromatic rings. The molecule has 2 rings (SSSR count). The van der Waals surface area contributed by atoms with Crippen molar-refractivity contribution >= 4 is 22.6 Å². The van der Waals surface area contributed by atoms with Gasteiger partial charge in [0.15, 0.2) is 0 Å². The number of aliphatic hydroxyl groups is 2. The summed E-state index contributed by atoms with van der Waals surface area (Å²) in [7, 11) is 0. The largest absolute Gasteiger partial charge is 0.394 e. The summed E-state index contributed by atoms with van der Waals surface area (Å²) in [6.45, 7) is -0.137. The number of rotatable bonds is 2. The van der Waals surface area contributed by atoms with Gasteiger partial charge in [0.1, 0.15) is 6.10 Å². The highest BCUT2D eigenvalue weighted by Gasteiger charge is 2.34. The van der Waals surface area contributed by atoms with Crippen molar-refractivity contribution in [2.45, 2.75) is 24.7 Å². The average molecular weight is 346 g/mol. The van der Waals surface area contributed by atoms with Crippen LogP contribution >= 0.6 is 22.6 Å². The number of aliphatic hydroxyl groups excluding tert-OH is 2. The van der Waals surface area contributed by atoms with Gasteiger partial charge >= 0.3 is 0 Å². The summed E-state index contributed by atoms with van der Waals surface area (Å²) in [5.74, 6) is 0. The third-order valence-electron chi connectivity index (χ3n) is 2.87. The van der Waals surface area contributed by atoms with Gasteiger partial charge in [-0.15, -0.1) is 0 Å². The van der Waals surface area contributed by atoms with Crippen LogP contribution in [0.4, 0.5) is 0 Å². The third kappa shape index (κ3) is 3.28. The molecule has 0 aromatic heterocycles. The van der Waals surface area contributed by atoms with E-state index in [2.05, 4.69) is 22.6 Å². The maximum absolute atomic E-state index is 9.70. The van der Waals surface area contributed by atoms with Gasteiger partial charge in [-0.2, -0.15) is 0 Å². The minimum atomic E-state index is -0.580. The molecule has 17 heavy (non-hydrogen) atoms. The molecule has 0 saturated carbocycles. The van der Waals surface area contributed by atoms with E-state index < -0.39 is 12.2 Å². The Morgan fingerprint density at radius 2 is 2.06 bits per heavy atom. The minimum absolute atomic E-state index is 0.134. The van der Waals surface area contributed by atoms with E-state index >= 15 is 0 Å². The lowest BCUT2D eigenvalue weighted by molar-refractivity contribution is -0.0123. The van der Waals surface area contributed by atoms with Crippen molar-refractivity contribution in [3.63, 3.8) is 0 Å². The zero-order valence-corrected chi connectivity index (χ0v) is 11.4. The van der Waals surface area contributed by atoms with E-state index in [0.29, 0.717) is 6.42 Å². The smallest absolute Gasteiger partial charge is 0.107 e. The van der Waals surface area contributed by atoms with Crippen molar-refractivity contribution in [1.82, 2.24) is 0 Å². The topological polar surface area (TPSA) is 49.7 Å². The van der Waals surface area contributed by atoms with E-state index in [1.807, 2.05) is 36.5 Å². The Balaban J connectivity index is 2.13. The fourth-order valence-corrected chi connectivity index (χ4v) is 2.31. The van der Waals surface area contributed by atoms with Crippen molar-refractivity contribution in [2.24, 2.45) is 0 Å². The van der Waals surface area contributed by atoms with Crippen LogP contribution in [0.3, 0.4) is 0 Å². The normalized spacial score (nSPS) is 37.9. The molecule has 92 valence electrons.